The number of nitrogens with one attached hydrogen (secondary N) is 2. The lowest BCUT2D eigenvalue weighted by molar-refractivity contribution is -0.139. The lowest BCUT2D eigenvalue weighted by Crippen LogP contribution is -2.49. The van der Waals surface area contributed by atoms with Crippen LogP contribution < -0.4 is 21.5 Å². The molecule has 8 N–H and O–H groups in total. The summed E-state index contributed by atoms with van der Waals surface area (Å²) in [6.07, 6.45) is -0.258. The summed E-state index contributed by atoms with van der Waals surface area (Å²) in [5.41, 5.74) is 5.25. The molecule has 10 nitrogen and oxygen atoms in total. The minimum Gasteiger partial charge on any atom is -0.480 e. The fourth-order valence-electron chi connectivity index (χ4n) is 1.24. The molecule has 2 atom stereocenters. The van der Waals surface area contributed by atoms with Crippen molar-refractivity contribution in [3.05, 3.63) is 0 Å². The highest BCUT2D eigenvalue weighted by atomic mass is 32.2. The molecule has 0 radical (unpaired) electrons. The standard InChI is InChI=1S/C10H18N4O6S/c11-5(10(19)20)1-2-7(15)14-6(4-21-12)9(18)13-3-8(16)17/h5-6H,1-4,11-12H2,(H,13,18)(H,14,15)(H,16,17)(H,19,20). The van der Waals surface area contributed by atoms with Crippen molar-refractivity contribution in [1.29, 1.82) is 0 Å². The van der Waals surface area contributed by atoms with Gasteiger partial charge < -0.3 is 26.6 Å². The second-order valence-electron chi connectivity index (χ2n) is 4.05. The largest absolute Gasteiger partial charge is 0.480 e. The smallest absolute Gasteiger partial charge is 0.322 e. The number of hydrogen-bond acceptors (Lipinski definition) is 7. The SMILES string of the molecule is NSCC(NC(=O)CCC(N)C(=O)O)C(=O)NCC(=O)O. The van der Waals surface area contributed by atoms with Crippen LogP contribution in [0.15, 0.2) is 0 Å². The van der Waals surface area contributed by atoms with Crippen LogP contribution in [0.4, 0.5) is 0 Å². The zero-order chi connectivity index (χ0) is 16.4. The molecular formula is C10H18N4O6S. The Morgan fingerprint density at radius 2 is 1.81 bits per heavy atom. The van der Waals surface area contributed by atoms with Gasteiger partial charge in [0.25, 0.3) is 0 Å². The van der Waals surface area contributed by atoms with Crippen LogP contribution in [0.1, 0.15) is 12.8 Å². The minimum absolute atomic E-state index is 0.0438. The molecule has 0 aliphatic heterocycles. The Hall–Kier alpha value is -1.85. The van der Waals surface area contributed by atoms with Gasteiger partial charge in [0.1, 0.15) is 18.6 Å². The zero-order valence-electron chi connectivity index (χ0n) is 11.1. The molecule has 2 unspecified atom stereocenters. The number of rotatable bonds is 10. The predicted octanol–water partition coefficient (Wildman–Crippen LogP) is -2.53. The molecule has 0 aromatic rings. The van der Waals surface area contributed by atoms with Gasteiger partial charge in [-0.1, -0.05) is 11.9 Å². The molecule has 0 fully saturated rings. The number of carbonyl (C=O) groups is 4. The summed E-state index contributed by atoms with van der Waals surface area (Å²) in [7, 11) is 0. The summed E-state index contributed by atoms with van der Waals surface area (Å²) in [4.78, 5) is 44.1. The van der Waals surface area contributed by atoms with Gasteiger partial charge in [-0.05, 0) is 6.42 Å². The van der Waals surface area contributed by atoms with Crippen LogP contribution in [-0.4, -0.2) is 58.3 Å². The summed E-state index contributed by atoms with van der Waals surface area (Å²) in [6.45, 7) is -0.579. The average molecular weight is 322 g/mol. The molecule has 0 saturated heterocycles. The Morgan fingerprint density at radius 3 is 2.29 bits per heavy atom. The van der Waals surface area contributed by atoms with Crippen molar-refractivity contribution in [2.75, 3.05) is 12.3 Å². The van der Waals surface area contributed by atoms with Gasteiger partial charge in [-0.3, -0.25) is 24.3 Å². The van der Waals surface area contributed by atoms with E-state index in [1.165, 1.54) is 0 Å². The molecule has 0 aromatic carbocycles. The molecule has 120 valence electrons. The first kappa shape index (κ1) is 19.1. The number of hydrogen-bond donors (Lipinski definition) is 6. The zero-order valence-corrected chi connectivity index (χ0v) is 11.9. The van der Waals surface area contributed by atoms with Gasteiger partial charge in [0.05, 0.1) is 0 Å². The van der Waals surface area contributed by atoms with Crippen molar-refractivity contribution in [3.63, 3.8) is 0 Å². The number of amides is 2. The van der Waals surface area contributed by atoms with Gasteiger partial charge in [0.2, 0.25) is 11.8 Å². The van der Waals surface area contributed by atoms with E-state index >= 15 is 0 Å². The quantitative estimate of drug-likeness (QED) is 0.236. The van der Waals surface area contributed by atoms with E-state index < -0.39 is 42.4 Å². The van der Waals surface area contributed by atoms with Crippen molar-refractivity contribution < 1.29 is 29.4 Å². The fraction of sp³-hybridized carbons (Fsp3) is 0.600. The summed E-state index contributed by atoms with van der Waals surface area (Å²) in [5, 5.41) is 26.7. The van der Waals surface area contributed by atoms with E-state index in [1.54, 1.807) is 0 Å². The maximum atomic E-state index is 11.6. The Bertz CT molecular complexity index is 405. The molecule has 2 amide bonds. The van der Waals surface area contributed by atoms with Crippen molar-refractivity contribution in [3.8, 4) is 0 Å². The second-order valence-corrected chi connectivity index (χ2v) is 4.72. The number of nitrogens with two attached hydrogens (primary N) is 2. The van der Waals surface area contributed by atoms with Gasteiger partial charge in [-0.15, -0.1) is 0 Å². The van der Waals surface area contributed by atoms with Crippen LogP contribution in [0, 0.1) is 0 Å². The normalized spacial score (nSPS) is 13.0. The topological polar surface area (TPSA) is 185 Å². The Kier molecular flexibility index (Phi) is 9.08. The maximum Gasteiger partial charge on any atom is 0.322 e. The van der Waals surface area contributed by atoms with Crippen LogP contribution in [0.5, 0.6) is 0 Å². The summed E-state index contributed by atoms with van der Waals surface area (Å²) >= 11 is 0.802. The summed E-state index contributed by atoms with van der Waals surface area (Å²) < 4.78 is 0. The third-order valence-corrected chi connectivity index (χ3v) is 2.85. The predicted molar refractivity (Wildman–Crippen MR) is 74.1 cm³/mol. The number of carbonyl (C=O) groups excluding carboxylic acids is 2. The van der Waals surface area contributed by atoms with E-state index in [2.05, 4.69) is 10.6 Å². The minimum atomic E-state index is -1.23. The highest BCUT2D eigenvalue weighted by Crippen LogP contribution is 1.99. The molecule has 11 heteroatoms. The van der Waals surface area contributed by atoms with Crippen LogP contribution >= 0.6 is 11.9 Å². The Labute approximate surface area is 124 Å². The first-order chi connectivity index (χ1) is 9.77. The van der Waals surface area contributed by atoms with Crippen LogP contribution in [0.3, 0.4) is 0 Å². The number of aliphatic carboxylic acids is 2. The molecule has 0 saturated carbocycles. The van der Waals surface area contributed by atoms with Crippen LogP contribution in [0.2, 0.25) is 0 Å². The Morgan fingerprint density at radius 1 is 1.19 bits per heavy atom. The Balaban J connectivity index is 4.35. The lowest BCUT2D eigenvalue weighted by atomic mass is 10.1. The fourth-order valence-corrected chi connectivity index (χ4v) is 1.67. The molecule has 0 spiro atoms. The maximum absolute atomic E-state index is 11.6. The van der Waals surface area contributed by atoms with Gasteiger partial charge in [0, 0.05) is 12.2 Å². The lowest BCUT2D eigenvalue weighted by Gasteiger charge is -2.17. The monoisotopic (exact) mass is 322 g/mol. The van der Waals surface area contributed by atoms with Gasteiger partial charge >= 0.3 is 11.9 Å². The van der Waals surface area contributed by atoms with E-state index in [9.17, 15) is 19.2 Å². The molecule has 0 bridgehead atoms. The van der Waals surface area contributed by atoms with Crippen LogP contribution in [0.25, 0.3) is 0 Å². The van der Waals surface area contributed by atoms with E-state index in [0.29, 0.717) is 0 Å². The third kappa shape index (κ3) is 8.83. The van der Waals surface area contributed by atoms with Crippen molar-refractivity contribution in [2.45, 2.75) is 24.9 Å². The first-order valence-corrected chi connectivity index (χ1v) is 6.91. The van der Waals surface area contributed by atoms with Gasteiger partial charge in [0.15, 0.2) is 0 Å². The van der Waals surface area contributed by atoms with E-state index in [4.69, 9.17) is 21.1 Å². The summed E-state index contributed by atoms with van der Waals surface area (Å²) in [5.74, 6) is -3.66. The molecular weight excluding hydrogens is 304 g/mol. The van der Waals surface area contributed by atoms with Gasteiger partial charge in [-0.2, -0.15) is 0 Å². The molecule has 0 aliphatic carbocycles. The third-order valence-electron chi connectivity index (χ3n) is 2.33. The van der Waals surface area contributed by atoms with Crippen molar-refractivity contribution in [1.82, 2.24) is 10.6 Å². The molecule has 0 heterocycles. The van der Waals surface area contributed by atoms with Crippen LogP contribution in [-0.2, 0) is 19.2 Å². The second kappa shape index (κ2) is 9.96. The first-order valence-electron chi connectivity index (χ1n) is 5.86. The van der Waals surface area contributed by atoms with E-state index in [0.717, 1.165) is 11.9 Å². The van der Waals surface area contributed by atoms with Crippen molar-refractivity contribution >= 4 is 35.7 Å². The average Bonchev–Trinajstić information content (AvgIpc) is 2.41. The number of carboxylic acid groups (broad SMARTS) is 2. The highest BCUT2D eigenvalue weighted by molar-refractivity contribution is 7.97. The van der Waals surface area contributed by atoms with E-state index in [1.807, 2.05) is 0 Å². The molecule has 0 aliphatic rings. The molecule has 0 aromatic heterocycles. The molecule has 0 rings (SSSR count). The van der Waals surface area contributed by atoms with E-state index in [-0.39, 0.29) is 18.6 Å². The number of carboxylic acids is 2. The van der Waals surface area contributed by atoms with Crippen molar-refractivity contribution in [2.24, 2.45) is 10.9 Å². The van der Waals surface area contributed by atoms with Gasteiger partial charge in [-0.25, -0.2) is 0 Å². The highest BCUT2D eigenvalue weighted by Gasteiger charge is 2.21. The molecule has 21 heavy (non-hydrogen) atoms. The summed E-state index contributed by atoms with van der Waals surface area (Å²) in [6, 6.07) is -2.17.